The van der Waals surface area contributed by atoms with Crippen LogP contribution < -0.4 is 0 Å². The second-order valence-electron chi connectivity index (χ2n) is 32.7. The first kappa shape index (κ1) is 71.4. The van der Waals surface area contributed by atoms with Gasteiger partial charge in [0.1, 0.15) is 0 Å². The predicted molar refractivity (Wildman–Crippen MR) is 370 cm³/mol. The van der Waals surface area contributed by atoms with Crippen LogP contribution in [0.5, 0.6) is 0 Å². The summed E-state index contributed by atoms with van der Waals surface area (Å²) in [6, 6.07) is 19.2. The molecule has 0 bridgehead atoms. The highest BCUT2D eigenvalue weighted by Gasteiger charge is 2.40. The average molecular weight is 1120 g/mol. The Morgan fingerprint density at radius 2 is 0.549 bits per heavy atom. The third-order valence-corrected chi connectivity index (χ3v) is 18.4. The lowest BCUT2D eigenvalue weighted by Crippen LogP contribution is -2.26. The Hall–Kier alpha value is -3.12. The summed E-state index contributed by atoms with van der Waals surface area (Å²) in [5.74, 6) is 0.137. The van der Waals surface area contributed by atoms with Crippen molar-refractivity contribution in [2.45, 2.75) is 378 Å². The van der Waals surface area contributed by atoms with Crippen LogP contribution >= 0.6 is 0 Å². The normalized spacial score (nSPS) is 13.1. The van der Waals surface area contributed by atoms with Crippen molar-refractivity contribution in [2.75, 3.05) is 0 Å². The fraction of sp³-hybridized carbons (Fsp3) is 0.707. The molecule has 0 aromatic heterocycles. The molecule has 0 saturated heterocycles. The van der Waals surface area contributed by atoms with Gasteiger partial charge in [0, 0.05) is 5.92 Å². The van der Waals surface area contributed by atoms with Crippen molar-refractivity contribution in [3.05, 3.63) is 114 Å². The zero-order chi connectivity index (χ0) is 61.6. The Kier molecular flexibility index (Phi) is 27.0. The van der Waals surface area contributed by atoms with Gasteiger partial charge in [-0.2, -0.15) is 0 Å². The fourth-order valence-electron chi connectivity index (χ4n) is 13.7. The molecule has 0 heterocycles. The zero-order valence-electron chi connectivity index (χ0n) is 59.3. The van der Waals surface area contributed by atoms with Gasteiger partial charge in [-0.05, 0) is 193 Å². The lowest BCUT2D eigenvalue weighted by molar-refractivity contribution is 0.548. The minimum absolute atomic E-state index is 0.0920. The Bertz CT molecular complexity index is 2340. The van der Waals surface area contributed by atoms with Gasteiger partial charge in [0.2, 0.25) is 0 Å². The van der Waals surface area contributed by atoms with Gasteiger partial charge in [-0.15, -0.1) is 0 Å². The SMILES string of the molecule is CCCCCCCCCCCCCc1[c]c(C(C)(C)C)c(-c2c(C(C)(C)C)cc(C)cc2C(C)(C)C)c(C(CCC)c2c(C)c(CCCCCCCCCCCCC)[c]c(C(C)(C)C)c2-c2c(C(C)(C)C)cc(C)cc2C(C)(C)C)c1C. The Labute approximate surface area is 512 Å². The first-order valence-electron chi connectivity index (χ1n) is 34.6. The van der Waals surface area contributed by atoms with Crippen molar-refractivity contribution in [3.8, 4) is 22.3 Å². The summed E-state index contributed by atoms with van der Waals surface area (Å²) >= 11 is 0. The zero-order valence-corrected chi connectivity index (χ0v) is 59.3. The van der Waals surface area contributed by atoms with Crippen LogP contribution in [0.3, 0.4) is 0 Å². The summed E-state index contributed by atoms with van der Waals surface area (Å²) in [5, 5.41) is 0. The molecule has 460 valence electrons. The van der Waals surface area contributed by atoms with Gasteiger partial charge in [0.25, 0.3) is 0 Å². The molecule has 4 aromatic carbocycles. The van der Waals surface area contributed by atoms with E-state index in [1.807, 2.05) is 0 Å². The van der Waals surface area contributed by atoms with E-state index in [0.29, 0.717) is 0 Å². The highest BCUT2D eigenvalue weighted by molar-refractivity contribution is 5.86. The van der Waals surface area contributed by atoms with Crippen LogP contribution in [0.4, 0.5) is 0 Å². The van der Waals surface area contributed by atoms with Gasteiger partial charge < -0.3 is 0 Å². The molecule has 4 aromatic rings. The van der Waals surface area contributed by atoms with E-state index in [0.717, 1.165) is 25.7 Å². The van der Waals surface area contributed by atoms with Gasteiger partial charge in [-0.3, -0.25) is 0 Å². The molecule has 0 saturated carbocycles. The summed E-state index contributed by atoms with van der Waals surface area (Å²) in [5.41, 5.74) is 25.7. The summed E-state index contributed by atoms with van der Waals surface area (Å²) in [6.45, 7) is 61.6. The van der Waals surface area contributed by atoms with Crippen LogP contribution in [-0.2, 0) is 45.3 Å². The molecular weight excluding hydrogens is 985 g/mol. The molecule has 0 unspecified atom stereocenters. The summed E-state index contributed by atoms with van der Waals surface area (Å²) < 4.78 is 0. The molecule has 2 radical (unpaired) electrons. The van der Waals surface area contributed by atoms with Crippen LogP contribution in [0.2, 0.25) is 0 Å². The van der Waals surface area contributed by atoms with Gasteiger partial charge in [-0.25, -0.2) is 0 Å². The Balaban J connectivity index is 2.26. The Morgan fingerprint density at radius 1 is 0.305 bits per heavy atom. The van der Waals surface area contributed by atoms with Crippen molar-refractivity contribution >= 4 is 0 Å². The molecule has 0 aliphatic heterocycles. The highest BCUT2D eigenvalue weighted by atomic mass is 14.4. The second kappa shape index (κ2) is 31.0. The first-order valence-corrected chi connectivity index (χ1v) is 34.6. The molecule has 0 nitrogen and oxygen atoms in total. The van der Waals surface area contributed by atoms with Gasteiger partial charge >= 0.3 is 0 Å². The van der Waals surface area contributed by atoms with Crippen molar-refractivity contribution in [2.24, 2.45) is 0 Å². The lowest BCUT2D eigenvalue weighted by atomic mass is 9.64. The molecule has 0 aliphatic rings. The van der Waals surface area contributed by atoms with Gasteiger partial charge in [-0.1, -0.05) is 316 Å². The topological polar surface area (TPSA) is 0 Å². The van der Waals surface area contributed by atoms with Crippen LogP contribution in [0.15, 0.2) is 24.3 Å². The summed E-state index contributed by atoms with van der Waals surface area (Å²) in [4.78, 5) is 0. The third-order valence-electron chi connectivity index (χ3n) is 18.4. The van der Waals surface area contributed by atoms with E-state index in [1.165, 1.54) is 230 Å². The molecule has 4 rings (SSSR count). The van der Waals surface area contributed by atoms with E-state index in [1.54, 1.807) is 11.1 Å². The van der Waals surface area contributed by atoms with E-state index in [9.17, 15) is 0 Å². The first-order chi connectivity index (χ1) is 38.1. The number of benzene rings is 4. The van der Waals surface area contributed by atoms with Crippen molar-refractivity contribution < 1.29 is 0 Å². The molecule has 0 heteroatoms. The highest BCUT2D eigenvalue weighted by Crippen LogP contribution is 2.55. The number of hydrogen-bond donors (Lipinski definition) is 0. The molecule has 0 N–H and O–H groups in total. The number of unbranched alkanes of at least 4 members (excludes halogenated alkanes) is 20. The van der Waals surface area contributed by atoms with E-state index < -0.39 is 0 Å². The molecule has 0 spiro atoms. The smallest absolute Gasteiger partial charge is 0.0107 e. The molecule has 0 amide bonds. The quantitative estimate of drug-likeness (QED) is 0.0457. The van der Waals surface area contributed by atoms with Crippen molar-refractivity contribution in [1.82, 2.24) is 0 Å². The van der Waals surface area contributed by atoms with Gasteiger partial charge in [0.05, 0.1) is 0 Å². The number of hydrogen-bond acceptors (Lipinski definition) is 0. The van der Waals surface area contributed by atoms with Crippen LogP contribution in [0.1, 0.15) is 383 Å². The molecule has 82 heavy (non-hydrogen) atoms. The van der Waals surface area contributed by atoms with Gasteiger partial charge in [0.15, 0.2) is 0 Å². The molecule has 0 atom stereocenters. The largest absolute Gasteiger partial charge is 0.0654 e. The molecule has 0 aliphatic carbocycles. The molecular formula is C82H132. The summed E-state index contributed by atoms with van der Waals surface area (Å²) in [7, 11) is 0. The van der Waals surface area contributed by atoms with Crippen LogP contribution in [-0.4, -0.2) is 0 Å². The predicted octanol–water partition coefficient (Wildman–Crippen LogP) is 26.3. The number of aryl methyl sites for hydroxylation is 4. The summed E-state index contributed by atoms with van der Waals surface area (Å²) in [6.07, 6.45) is 34.2. The van der Waals surface area contributed by atoms with E-state index >= 15 is 0 Å². The van der Waals surface area contributed by atoms with E-state index in [-0.39, 0.29) is 38.4 Å². The van der Waals surface area contributed by atoms with Crippen LogP contribution in [0.25, 0.3) is 22.3 Å². The Morgan fingerprint density at radius 3 is 0.768 bits per heavy atom. The van der Waals surface area contributed by atoms with Crippen LogP contribution in [0, 0.1) is 39.8 Å². The minimum atomic E-state index is -0.162. The maximum absolute atomic E-state index is 4.45. The lowest BCUT2D eigenvalue weighted by Gasteiger charge is -2.40. The van der Waals surface area contributed by atoms with Crippen molar-refractivity contribution in [1.29, 1.82) is 0 Å². The fourth-order valence-corrected chi connectivity index (χ4v) is 13.7. The minimum Gasteiger partial charge on any atom is -0.0654 e. The van der Waals surface area contributed by atoms with E-state index in [4.69, 9.17) is 0 Å². The monoisotopic (exact) mass is 1120 g/mol. The molecule has 0 fully saturated rings. The standard InChI is InChI=1S/C82H132/c1-26-29-31-33-35-37-39-41-43-45-47-50-62-56-69(81(20,21)22)75(73-65(77(8,9)10)52-58(4)53-66(73)78(11,12)13)71(60(62)6)64(49-28-3)72-61(7)63(51-48-46-44-42-40-38-36-34-32-30-27-2)57-70(82(23,24)25)76(72)74-67(79(14,15)16)54-59(5)55-68(74)80(17,18)19/h52-55,64H,26-51H2,1-25H3. The number of rotatable bonds is 30. The average Bonchev–Trinajstić information content (AvgIpc) is 2.70. The maximum Gasteiger partial charge on any atom is 0.0107 e. The van der Waals surface area contributed by atoms with Crippen molar-refractivity contribution in [3.63, 3.8) is 0 Å². The van der Waals surface area contributed by atoms with E-state index in [2.05, 4.69) is 209 Å². The third kappa shape index (κ3) is 19.7. The second-order valence-corrected chi connectivity index (χ2v) is 32.7. The maximum atomic E-state index is 4.45.